The number of aromatic nitrogens is 3. The van der Waals surface area contributed by atoms with Gasteiger partial charge in [0.25, 0.3) is 0 Å². The maximum atomic E-state index is 14.3. The van der Waals surface area contributed by atoms with Crippen LogP contribution in [0.1, 0.15) is 11.1 Å². The number of aryl methyl sites for hydroxylation is 1. The number of aliphatic hydroxyl groups excluding tert-OH is 2. The molecule has 9 nitrogen and oxygen atoms in total. The van der Waals surface area contributed by atoms with Crippen molar-refractivity contribution >= 4 is 11.6 Å². The van der Waals surface area contributed by atoms with E-state index in [0.29, 0.717) is 5.69 Å². The molecule has 0 amide bonds. The Bertz CT molecular complexity index is 1040. The van der Waals surface area contributed by atoms with Crippen LogP contribution in [0.2, 0.25) is 0 Å². The van der Waals surface area contributed by atoms with Gasteiger partial charge < -0.3 is 29.7 Å². The van der Waals surface area contributed by atoms with E-state index in [0.717, 1.165) is 0 Å². The van der Waals surface area contributed by atoms with E-state index in [1.54, 1.807) is 12.1 Å². The second-order valence-electron chi connectivity index (χ2n) is 6.69. The molecule has 3 rings (SSSR count). The molecule has 0 aliphatic rings. The van der Waals surface area contributed by atoms with Crippen LogP contribution in [0.4, 0.5) is 20.4 Å². The molecule has 1 atom stereocenters. The van der Waals surface area contributed by atoms with E-state index in [1.165, 1.54) is 38.7 Å². The number of aliphatic hydroxyl groups is 2. The monoisotopic (exact) mass is 448 g/mol. The summed E-state index contributed by atoms with van der Waals surface area (Å²) in [4.78, 5) is 12.3. The highest BCUT2D eigenvalue weighted by Crippen LogP contribution is 2.27. The highest BCUT2D eigenvalue weighted by atomic mass is 19.1. The van der Waals surface area contributed by atoms with Crippen molar-refractivity contribution in [2.45, 2.75) is 19.6 Å². The summed E-state index contributed by atoms with van der Waals surface area (Å²) in [5, 5.41) is 21.0. The number of pyridine rings is 1. The molecular formula is C21H22F2N4O5. The molecular weight excluding hydrogens is 426 g/mol. The van der Waals surface area contributed by atoms with Gasteiger partial charge in [0.05, 0.1) is 43.6 Å². The summed E-state index contributed by atoms with van der Waals surface area (Å²) in [7, 11) is 1.30. The molecule has 0 unspecified atom stereocenters. The molecule has 0 aliphatic carbocycles. The van der Waals surface area contributed by atoms with Gasteiger partial charge >= 0.3 is 0 Å². The number of nitrogens with zero attached hydrogens (tertiary/aromatic N) is 3. The molecule has 2 aromatic heterocycles. The van der Waals surface area contributed by atoms with Crippen LogP contribution in [0.3, 0.4) is 0 Å². The Hall–Kier alpha value is -3.57. The molecule has 0 spiro atoms. The van der Waals surface area contributed by atoms with Crippen molar-refractivity contribution < 1.29 is 33.2 Å². The van der Waals surface area contributed by atoms with Crippen molar-refractivity contribution in [2.75, 3.05) is 25.6 Å². The number of methoxy groups -OCH3 is 1. The van der Waals surface area contributed by atoms with Crippen LogP contribution in [-0.2, 0) is 6.61 Å². The largest absolute Gasteiger partial charge is 0.494 e. The van der Waals surface area contributed by atoms with Crippen LogP contribution >= 0.6 is 0 Å². The molecule has 1 aromatic carbocycles. The maximum absolute atomic E-state index is 14.3. The van der Waals surface area contributed by atoms with Crippen LogP contribution in [0.25, 0.3) is 0 Å². The third-order valence-corrected chi connectivity index (χ3v) is 4.30. The number of benzene rings is 1. The summed E-state index contributed by atoms with van der Waals surface area (Å²) in [6, 6.07) is 4.52. The SMILES string of the molecule is COc1cc(C)c(F)c(COc2cnc(Nc3ccc(OC[C@H](O)CO)nc3)nc2)c1F. The lowest BCUT2D eigenvalue weighted by Gasteiger charge is -2.12. The third-order valence-electron chi connectivity index (χ3n) is 4.30. The van der Waals surface area contributed by atoms with Crippen molar-refractivity contribution in [3.63, 3.8) is 0 Å². The summed E-state index contributed by atoms with van der Waals surface area (Å²) in [5.74, 6) is -0.834. The van der Waals surface area contributed by atoms with Crippen LogP contribution < -0.4 is 19.5 Å². The van der Waals surface area contributed by atoms with Crippen molar-refractivity contribution in [2.24, 2.45) is 0 Å². The van der Waals surface area contributed by atoms with Gasteiger partial charge in [0.2, 0.25) is 11.8 Å². The predicted octanol–water partition coefficient (Wildman–Crippen LogP) is 2.52. The summed E-state index contributed by atoms with van der Waals surface area (Å²) < 4.78 is 44.2. The van der Waals surface area contributed by atoms with Gasteiger partial charge in [-0.2, -0.15) is 0 Å². The molecule has 0 radical (unpaired) electrons. The van der Waals surface area contributed by atoms with Crippen molar-refractivity contribution in [1.29, 1.82) is 0 Å². The van der Waals surface area contributed by atoms with Crippen molar-refractivity contribution in [3.8, 4) is 17.4 Å². The van der Waals surface area contributed by atoms with E-state index in [1.807, 2.05) is 0 Å². The van der Waals surface area contributed by atoms with Gasteiger partial charge in [-0.1, -0.05) is 0 Å². The Kier molecular flexibility index (Phi) is 7.68. The quantitative estimate of drug-likeness (QED) is 0.430. The lowest BCUT2D eigenvalue weighted by Crippen LogP contribution is -2.21. The zero-order valence-electron chi connectivity index (χ0n) is 17.4. The number of anilines is 2. The molecule has 2 heterocycles. The second-order valence-corrected chi connectivity index (χ2v) is 6.69. The van der Waals surface area contributed by atoms with Gasteiger partial charge in [0.15, 0.2) is 17.3 Å². The first-order valence-corrected chi connectivity index (χ1v) is 9.52. The highest BCUT2D eigenvalue weighted by molar-refractivity contribution is 5.52. The summed E-state index contributed by atoms with van der Waals surface area (Å²) in [6.07, 6.45) is 3.22. The van der Waals surface area contributed by atoms with E-state index in [-0.39, 0.29) is 47.7 Å². The molecule has 0 saturated carbocycles. The van der Waals surface area contributed by atoms with E-state index in [9.17, 15) is 13.9 Å². The number of rotatable bonds is 10. The zero-order chi connectivity index (χ0) is 23.1. The summed E-state index contributed by atoms with van der Waals surface area (Å²) in [5.41, 5.74) is 0.570. The number of hydrogen-bond acceptors (Lipinski definition) is 9. The maximum Gasteiger partial charge on any atom is 0.227 e. The minimum absolute atomic E-state index is 0.0621. The zero-order valence-corrected chi connectivity index (χ0v) is 17.4. The van der Waals surface area contributed by atoms with Gasteiger partial charge in [0.1, 0.15) is 25.1 Å². The first kappa shape index (κ1) is 23.1. The lowest BCUT2D eigenvalue weighted by molar-refractivity contribution is 0.0521. The average molecular weight is 448 g/mol. The lowest BCUT2D eigenvalue weighted by atomic mass is 10.1. The number of halogens is 2. The topological polar surface area (TPSA) is 119 Å². The van der Waals surface area contributed by atoms with E-state index < -0.39 is 24.3 Å². The Morgan fingerprint density at radius 3 is 2.44 bits per heavy atom. The number of nitrogens with one attached hydrogen (secondary N) is 1. The molecule has 3 aromatic rings. The van der Waals surface area contributed by atoms with Crippen LogP contribution in [0, 0.1) is 18.6 Å². The van der Waals surface area contributed by atoms with E-state index in [4.69, 9.17) is 19.3 Å². The fourth-order valence-corrected chi connectivity index (χ4v) is 2.60. The standard InChI is InChI=1S/C21H22F2N4O5/c1-12-5-17(30-2)20(23)16(19(12)22)11-31-15-7-25-21(26-8-15)27-13-3-4-18(24-6-13)32-10-14(29)9-28/h3-8,14,28-29H,9-11H2,1-2H3,(H,25,26,27)/t14-/m1/s1. The van der Waals surface area contributed by atoms with Gasteiger partial charge in [-0.3, -0.25) is 0 Å². The third kappa shape index (κ3) is 5.77. The van der Waals surface area contributed by atoms with E-state index >= 15 is 0 Å². The van der Waals surface area contributed by atoms with Gasteiger partial charge in [-0.05, 0) is 24.6 Å². The Morgan fingerprint density at radius 2 is 1.81 bits per heavy atom. The second kappa shape index (κ2) is 10.6. The van der Waals surface area contributed by atoms with E-state index in [2.05, 4.69) is 20.3 Å². The van der Waals surface area contributed by atoms with Gasteiger partial charge in [-0.25, -0.2) is 23.7 Å². The van der Waals surface area contributed by atoms with Crippen LogP contribution in [-0.4, -0.2) is 51.6 Å². The highest BCUT2D eigenvalue weighted by Gasteiger charge is 2.18. The molecule has 32 heavy (non-hydrogen) atoms. The number of ether oxygens (including phenoxy) is 3. The smallest absolute Gasteiger partial charge is 0.227 e. The Balaban J connectivity index is 1.58. The molecule has 0 aliphatic heterocycles. The van der Waals surface area contributed by atoms with Crippen LogP contribution in [0.15, 0.2) is 36.8 Å². The molecule has 0 bridgehead atoms. The molecule has 0 saturated heterocycles. The Labute approximate surface area is 182 Å². The Morgan fingerprint density at radius 1 is 1.06 bits per heavy atom. The minimum Gasteiger partial charge on any atom is -0.494 e. The predicted molar refractivity (Wildman–Crippen MR) is 110 cm³/mol. The molecule has 3 N–H and O–H groups in total. The molecule has 11 heteroatoms. The van der Waals surface area contributed by atoms with Gasteiger partial charge in [-0.15, -0.1) is 0 Å². The minimum atomic E-state index is -0.982. The fourth-order valence-electron chi connectivity index (χ4n) is 2.60. The first-order valence-electron chi connectivity index (χ1n) is 9.52. The molecule has 0 fully saturated rings. The fraction of sp³-hybridized carbons (Fsp3) is 0.286. The van der Waals surface area contributed by atoms with Crippen LogP contribution in [0.5, 0.6) is 17.4 Å². The summed E-state index contributed by atoms with van der Waals surface area (Å²) in [6.45, 7) is 0.669. The van der Waals surface area contributed by atoms with Crippen molar-refractivity contribution in [3.05, 3.63) is 59.6 Å². The average Bonchev–Trinajstić information content (AvgIpc) is 2.81. The first-order chi connectivity index (χ1) is 15.4. The number of hydrogen-bond donors (Lipinski definition) is 3. The summed E-state index contributed by atoms with van der Waals surface area (Å²) >= 11 is 0. The normalized spacial score (nSPS) is 11.7. The molecule has 170 valence electrons. The van der Waals surface area contributed by atoms with Crippen molar-refractivity contribution in [1.82, 2.24) is 15.0 Å². The van der Waals surface area contributed by atoms with Gasteiger partial charge in [0, 0.05) is 6.07 Å².